The van der Waals surface area contributed by atoms with Gasteiger partial charge in [-0.15, -0.1) is 0 Å². The lowest BCUT2D eigenvalue weighted by atomic mass is 9.93. The molecule has 0 heterocycles. The maximum absolute atomic E-state index is 12.4. The summed E-state index contributed by atoms with van der Waals surface area (Å²) in [6.07, 6.45) is 7.03. The summed E-state index contributed by atoms with van der Waals surface area (Å²) in [5.74, 6) is 1.58. The van der Waals surface area contributed by atoms with Crippen molar-refractivity contribution in [1.82, 2.24) is 0 Å². The van der Waals surface area contributed by atoms with Crippen LogP contribution in [0.5, 0.6) is 0 Å². The summed E-state index contributed by atoms with van der Waals surface area (Å²) in [5, 5.41) is 5.87. The van der Waals surface area contributed by atoms with E-state index >= 15 is 0 Å². The average Bonchev–Trinajstić information content (AvgIpc) is 3.11. The number of fused-ring (bicyclic) bond motifs is 2. The molecule has 1 fully saturated rings. The van der Waals surface area contributed by atoms with E-state index < -0.39 is 0 Å². The highest BCUT2D eigenvalue weighted by Crippen LogP contribution is 2.43. The number of carbonyl (C=O) groups is 2. The second-order valence-corrected chi connectivity index (χ2v) is 7.10. The number of allylic oxidation sites excluding steroid dienone is 2. The van der Waals surface area contributed by atoms with E-state index in [0.717, 1.165) is 24.2 Å². The van der Waals surface area contributed by atoms with Crippen LogP contribution in [0.1, 0.15) is 33.1 Å². The van der Waals surface area contributed by atoms with Gasteiger partial charge in [0.15, 0.2) is 0 Å². The Morgan fingerprint density at radius 3 is 2.22 bits per heavy atom. The van der Waals surface area contributed by atoms with Gasteiger partial charge in [-0.1, -0.05) is 26.0 Å². The third kappa shape index (κ3) is 3.81. The maximum atomic E-state index is 12.4. The molecule has 2 aliphatic rings. The molecule has 0 aromatic heterocycles. The number of hydrogen-bond acceptors (Lipinski definition) is 2. The Hall–Kier alpha value is -2.10. The van der Waals surface area contributed by atoms with Gasteiger partial charge in [0, 0.05) is 23.7 Å². The van der Waals surface area contributed by atoms with E-state index in [1.54, 1.807) is 0 Å². The summed E-state index contributed by atoms with van der Waals surface area (Å²) >= 11 is 0. The molecule has 1 aromatic rings. The van der Waals surface area contributed by atoms with Crippen molar-refractivity contribution in [2.75, 3.05) is 10.6 Å². The van der Waals surface area contributed by atoms with Crippen LogP contribution >= 0.6 is 0 Å². The highest BCUT2D eigenvalue weighted by atomic mass is 16.2. The highest BCUT2D eigenvalue weighted by molar-refractivity contribution is 5.94. The SMILES string of the molecule is CC(C)CC(=O)Nc1ccc(NC(=O)C2CC3C=CC2C3)cc1. The Bertz CT molecular complexity index is 619. The first-order chi connectivity index (χ1) is 11.0. The fourth-order valence-corrected chi connectivity index (χ4v) is 3.54. The molecule has 4 heteroatoms. The molecule has 3 atom stereocenters. The van der Waals surface area contributed by atoms with E-state index in [1.807, 2.05) is 38.1 Å². The molecule has 2 N–H and O–H groups in total. The zero-order chi connectivity index (χ0) is 16.4. The Kier molecular flexibility index (Phi) is 4.51. The van der Waals surface area contributed by atoms with Gasteiger partial charge >= 0.3 is 0 Å². The predicted molar refractivity (Wildman–Crippen MR) is 92.0 cm³/mol. The van der Waals surface area contributed by atoms with E-state index in [-0.39, 0.29) is 17.7 Å². The zero-order valence-corrected chi connectivity index (χ0v) is 13.7. The van der Waals surface area contributed by atoms with Crippen molar-refractivity contribution < 1.29 is 9.59 Å². The van der Waals surface area contributed by atoms with Crippen LogP contribution in [-0.4, -0.2) is 11.8 Å². The number of carbonyl (C=O) groups excluding carboxylic acids is 2. The number of anilines is 2. The molecule has 0 radical (unpaired) electrons. The monoisotopic (exact) mass is 312 g/mol. The van der Waals surface area contributed by atoms with Gasteiger partial charge in [-0.3, -0.25) is 9.59 Å². The minimum absolute atomic E-state index is 0.0190. The number of amides is 2. The molecule has 1 aromatic carbocycles. The van der Waals surface area contributed by atoms with Crippen molar-refractivity contribution in [2.24, 2.45) is 23.7 Å². The van der Waals surface area contributed by atoms with Crippen LogP contribution in [-0.2, 0) is 9.59 Å². The van der Waals surface area contributed by atoms with Crippen LogP contribution < -0.4 is 10.6 Å². The normalized spacial score (nSPS) is 24.9. The molecule has 3 unspecified atom stereocenters. The van der Waals surface area contributed by atoms with E-state index in [2.05, 4.69) is 22.8 Å². The lowest BCUT2D eigenvalue weighted by Crippen LogP contribution is -2.25. The summed E-state index contributed by atoms with van der Waals surface area (Å²) in [7, 11) is 0. The number of benzene rings is 1. The molecule has 2 amide bonds. The lowest BCUT2D eigenvalue weighted by molar-refractivity contribution is -0.120. The van der Waals surface area contributed by atoms with Crippen molar-refractivity contribution in [3.63, 3.8) is 0 Å². The van der Waals surface area contributed by atoms with Crippen molar-refractivity contribution in [2.45, 2.75) is 33.1 Å². The molecule has 122 valence electrons. The van der Waals surface area contributed by atoms with Crippen LogP contribution in [0, 0.1) is 23.7 Å². The molecule has 1 saturated carbocycles. The zero-order valence-electron chi connectivity index (χ0n) is 13.7. The molecule has 0 spiro atoms. The quantitative estimate of drug-likeness (QED) is 0.812. The van der Waals surface area contributed by atoms with Gasteiger partial charge in [-0.25, -0.2) is 0 Å². The van der Waals surface area contributed by atoms with Gasteiger partial charge in [0.05, 0.1) is 0 Å². The molecule has 0 saturated heterocycles. The van der Waals surface area contributed by atoms with E-state index in [0.29, 0.717) is 24.2 Å². The lowest BCUT2D eigenvalue weighted by Gasteiger charge is -2.17. The van der Waals surface area contributed by atoms with Crippen molar-refractivity contribution in [1.29, 1.82) is 0 Å². The van der Waals surface area contributed by atoms with Crippen molar-refractivity contribution in [3.05, 3.63) is 36.4 Å². The summed E-state index contributed by atoms with van der Waals surface area (Å²) < 4.78 is 0. The smallest absolute Gasteiger partial charge is 0.228 e. The van der Waals surface area contributed by atoms with Crippen LogP contribution in [0.25, 0.3) is 0 Å². The average molecular weight is 312 g/mol. The molecule has 23 heavy (non-hydrogen) atoms. The molecule has 4 nitrogen and oxygen atoms in total. The first-order valence-electron chi connectivity index (χ1n) is 8.40. The van der Waals surface area contributed by atoms with Gasteiger partial charge in [0.25, 0.3) is 0 Å². The molecule has 3 rings (SSSR count). The van der Waals surface area contributed by atoms with E-state index in [9.17, 15) is 9.59 Å². The van der Waals surface area contributed by atoms with E-state index in [1.165, 1.54) is 0 Å². The highest BCUT2D eigenvalue weighted by Gasteiger charge is 2.39. The van der Waals surface area contributed by atoms with E-state index in [4.69, 9.17) is 0 Å². The molecule has 2 bridgehead atoms. The van der Waals surface area contributed by atoms with Gasteiger partial charge in [-0.2, -0.15) is 0 Å². The Labute approximate surface area is 137 Å². The first kappa shape index (κ1) is 15.8. The Balaban J connectivity index is 1.54. The Morgan fingerprint density at radius 2 is 1.70 bits per heavy atom. The van der Waals surface area contributed by atoms with Gasteiger partial charge in [0.1, 0.15) is 0 Å². The number of hydrogen-bond donors (Lipinski definition) is 2. The molecule has 0 aliphatic heterocycles. The summed E-state index contributed by atoms with van der Waals surface area (Å²) in [6.45, 7) is 4.03. The second-order valence-electron chi connectivity index (χ2n) is 7.10. The first-order valence-corrected chi connectivity index (χ1v) is 8.40. The van der Waals surface area contributed by atoms with Crippen molar-refractivity contribution in [3.8, 4) is 0 Å². The minimum atomic E-state index is 0.0190. The fourth-order valence-electron chi connectivity index (χ4n) is 3.54. The van der Waals surface area contributed by atoms with Crippen LogP contribution in [0.15, 0.2) is 36.4 Å². The third-order valence-electron chi connectivity index (χ3n) is 4.65. The van der Waals surface area contributed by atoms with Gasteiger partial charge < -0.3 is 10.6 Å². The van der Waals surface area contributed by atoms with Crippen LogP contribution in [0.4, 0.5) is 11.4 Å². The van der Waals surface area contributed by atoms with Crippen molar-refractivity contribution >= 4 is 23.2 Å². The third-order valence-corrected chi connectivity index (χ3v) is 4.65. The Morgan fingerprint density at radius 1 is 1.04 bits per heavy atom. The molecular weight excluding hydrogens is 288 g/mol. The van der Waals surface area contributed by atoms with Crippen LogP contribution in [0.2, 0.25) is 0 Å². The molecular formula is C19H24N2O2. The minimum Gasteiger partial charge on any atom is -0.326 e. The topological polar surface area (TPSA) is 58.2 Å². The van der Waals surface area contributed by atoms with Gasteiger partial charge in [0.2, 0.25) is 11.8 Å². The summed E-state index contributed by atoms with van der Waals surface area (Å²) in [4.78, 5) is 24.1. The predicted octanol–water partition coefficient (Wildman–Crippen LogP) is 3.82. The summed E-state index contributed by atoms with van der Waals surface area (Å²) in [6, 6.07) is 7.33. The van der Waals surface area contributed by atoms with Gasteiger partial charge in [-0.05, 0) is 54.9 Å². The number of nitrogens with one attached hydrogen (secondary N) is 2. The largest absolute Gasteiger partial charge is 0.326 e. The fraction of sp³-hybridized carbons (Fsp3) is 0.474. The maximum Gasteiger partial charge on any atom is 0.228 e. The molecule has 2 aliphatic carbocycles. The summed E-state index contributed by atoms with van der Waals surface area (Å²) in [5.41, 5.74) is 1.54. The second kappa shape index (κ2) is 6.57. The number of rotatable bonds is 5. The standard InChI is InChI=1S/C19H24N2O2/c1-12(2)9-18(22)20-15-5-7-16(8-6-15)21-19(23)17-11-13-3-4-14(17)10-13/h3-8,12-14,17H,9-11H2,1-2H3,(H,20,22)(H,21,23). The van der Waals surface area contributed by atoms with Crippen LogP contribution in [0.3, 0.4) is 0 Å².